The van der Waals surface area contributed by atoms with Gasteiger partial charge in [0.25, 0.3) is 5.91 Å². The monoisotopic (exact) mass is 219 g/mol. The van der Waals surface area contributed by atoms with Crippen LogP contribution in [0.1, 0.15) is 17.5 Å². The van der Waals surface area contributed by atoms with Gasteiger partial charge in [0, 0.05) is 11.9 Å². The molecule has 4 heteroatoms. The normalized spacial score (nSPS) is 12.6. The molecular formula is C12H13NO3. The van der Waals surface area contributed by atoms with Crippen molar-refractivity contribution in [1.82, 2.24) is 5.32 Å². The summed E-state index contributed by atoms with van der Waals surface area (Å²) in [6, 6.07) is 9.11. The van der Waals surface area contributed by atoms with Gasteiger partial charge in [0.1, 0.15) is 5.58 Å². The Bertz CT molecular complexity index is 469. The fourth-order valence-corrected chi connectivity index (χ4v) is 1.42. The second kappa shape index (κ2) is 4.37. The van der Waals surface area contributed by atoms with Gasteiger partial charge in [-0.3, -0.25) is 4.79 Å². The first-order valence-electron chi connectivity index (χ1n) is 5.11. The molecule has 2 rings (SSSR count). The molecule has 1 aromatic heterocycles. The van der Waals surface area contributed by atoms with E-state index in [-0.39, 0.29) is 18.2 Å². The quantitative estimate of drug-likeness (QED) is 0.823. The van der Waals surface area contributed by atoms with Crippen LogP contribution in [0.4, 0.5) is 0 Å². The molecule has 1 unspecified atom stereocenters. The summed E-state index contributed by atoms with van der Waals surface area (Å²) in [7, 11) is 0. The van der Waals surface area contributed by atoms with Crippen molar-refractivity contribution in [1.29, 1.82) is 0 Å². The van der Waals surface area contributed by atoms with E-state index in [1.807, 2.05) is 18.2 Å². The first-order chi connectivity index (χ1) is 7.66. The molecule has 0 bridgehead atoms. The molecule has 0 aliphatic rings. The molecule has 16 heavy (non-hydrogen) atoms. The summed E-state index contributed by atoms with van der Waals surface area (Å²) >= 11 is 0. The van der Waals surface area contributed by atoms with Gasteiger partial charge in [0.15, 0.2) is 5.76 Å². The third-order valence-corrected chi connectivity index (χ3v) is 2.21. The van der Waals surface area contributed by atoms with E-state index in [0.29, 0.717) is 5.58 Å². The third-order valence-electron chi connectivity index (χ3n) is 2.21. The lowest BCUT2D eigenvalue weighted by atomic mass is 10.2. The van der Waals surface area contributed by atoms with Crippen LogP contribution in [0.5, 0.6) is 0 Å². The average molecular weight is 219 g/mol. The molecule has 0 saturated carbocycles. The van der Waals surface area contributed by atoms with Crippen LogP contribution in [0.25, 0.3) is 11.0 Å². The topological polar surface area (TPSA) is 62.5 Å². The standard InChI is InChI=1S/C12H13NO3/c1-8(14)7-13-12(15)11-6-9-4-2-3-5-10(9)16-11/h2-6,8,14H,7H2,1H3,(H,13,15). The minimum Gasteiger partial charge on any atom is -0.451 e. The summed E-state index contributed by atoms with van der Waals surface area (Å²) < 4.78 is 5.37. The van der Waals surface area contributed by atoms with Crippen LogP contribution in [-0.4, -0.2) is 23.7 Å². The smallest absolute Gasteiger partial charge is 0.287 e. The molecule has 0 saturated heterocycles. The van der Waals surface area contributed by atoms with Crippen molar-refractivity contribution in [2.75, 3.05) is 6.54 Å². The molecular weight excluding hydrogens is 206 g/mol. The highest BCUT2D eigenvalue weighted by Crippen LogP contribution is 2.18. The van der Waals surface area contributed by atoms with Crippen molar-refractivity contribution < 1.29 is 14.3 Å². The van der Waals surface area contributed by atoms with E-state index < -0.39 is 6.10 Å². The van der Waals surface area contributed by atoms with Gasteiger partial charge in [-0.15, -0.1) is 0 Å². The predicted molar refractivity (Wildman–Crippen MR) is 60.2 cm³/mol. The maximum Gasteiger partial charge on any atom is 0.287 e. The summed E-state index contributed by atoms with van der Waals surface area (Å²) in [4.78, 5) is 11.6. The summed E-state index contributed by atoms with van der Waals surface area (Å²) in [6.07, 6.45) is -0.562. The van der Waals surface area contributed by atoms with Gasteiger partial charge in [0.2, 0.25) is 0 Å². The maximum absolute atomic E-state index is 11.6. The van der Waals surface area contributed by atoms with Gasteiger partial charge in [-0.05, 0) is 19.1 Å². The van der Waals surface area contributed by atoms with Crippen LogP contribution >= 0.6 is 0 Å². The van der Waals surface area contributed by atoms with Crippen LogP contribution in [0.3, 0.4) is 0 Å². The number of fused-ring (bicyclic) bond motifs is 1. The summed E-state index contributed by atoms with van der Waals surface area (Å²) in [5.74, 6) is -0.0426. The van der Waals surface area contributed by atoms with E-state index in [1.54, 1.807) is 19.1 Å². The number of para-hydroxylation sites is 1. The predicted octanol–water partition coefficient (Wildman–Crippen LogP) is 1.54. The second-order valence-corrected chi connectivity index (χ2v) is 3.71. The van der Waals surface area contributed by atoms with Crippen molar-refractivity contribution in [3.05, 3.63) is 36.1 Å². The lowest BCUT2D eigenvalue weighted by Crippen LogP contribution is -2.30. The molecule has 4 nitrogen and oxygen atoms in total. The highest BCUT2D eigenvalue weighted by Gasteiger charge is 2.11. The van der Waals surface area contributed by atoms with E-state index in [2.05, 4.69) is 5.32 Å². The van der Waals surface area contributed by atoms with E-state index >= 15 is 0 Å². The van der Waals surface area contributed by atoms with E-state index in [9.17, 15) is 4.79 Å². The highest BCUT2D eigenvalue weighted by molar-refractivity contribution is 5.96. The molecule has 1 atom stereocenters. The first kappa shape index (κ1) is 10.7. The minimum atomic E-state index is -0.562. The Labute approximate surface area is 92.9 Å². The number of amides is 1. The van der Waals surface area contributed by atoms with Crippen LogP contribution in [0.2, 0.25) is 0 Å². The van der Waals surface area contributed by atoms with Gasteiger partial charge >= 0.3 is 0 Å². The second-order valence-electron chi connectivity index (χ2n) is 3.71. The molecule has 2 aromatic rings. The molecule has 0 aliphatic heterocycles. The van der Waals surface area contributed by atoms with Crippen molar-refractivity contribution in [2.45, 2.75) is 13.0 Å². The van der Waals surface area contributed by atoms with Crippen molar-refractivity contribution in [3.8, 4) is 0 Å². The Kier molecular flexibility index (Phi) is 2.92. The van der Waals surface area contributed by atoms with Gasteiger partial charge < -0.3 is 14.8 Å². The molecule has 0 fully saturated rings. The van der Waals surface area contributed by atoms with Crippen molar-refractivity contribution in [3.63, 3.8) is 0 Å². The zero-order valence-corrected chi connectivity index (χ0v) is 8.93. The number of benzene rings is 1. The number of nitrogens with one attached hydrogen (secondary N) is 1. The third kappa shape index (κ3) is 2.23. The lowest BCUT2D eigenvalue weighted by molar-refractivity contribution is 0.0899. The Morgan fingerprint density at radius 2 is 2.25 bits per heavy atom. The van der Waals surface area contributed by atoms with Crippen molar-refractivity contribution in [2.24, 2.45) is 0 Å². The number of hydrogen-bond acceptors (Lipinski definition) is 3. The molecule has 0 aliphatic carbocycles. The minimum absolute atomic E-state index is 0.218. The van der Waals surface area contributed by atoms with Crippen LogP contribution in [-0.2, 0) is 0 Å². The Balaban J connectivity index is 2.17. The van der Waals surface area contributed by atoms with Gasteiger partial charge in [-0.25, -0.2) is 0 Å². The number of carbonyl (C=O) groups is 1. The molecule has 0 radical (unpaired) electrons. The maximum atomic E-state index is 11.6. The van der Waals surface area contributed by atoms with E-state index in [4.69, 9.17) is 9.52 Å². The number of rotatable bonds is 3. The first-order valence-corrected chi connectivity index (χ1v) is 5.11. The van der Waals surface area contributed by atoms with Crippen LogP contribution in [0.15, 0.2) is 34.7 Å². The lowest BCUT2D eigenvalue weighted by Gasteiger charge is -2.04. The van der Waals surface area contributed by atoms with E-state index in [1.165, 1.54) is 0 Å². The SMILES string of the molecule is CC(O)CNC(=O)c1cc2ccccc2o1. The molecule has 84 valence electrons. The number of hydrogen-bond donors (Lipinski definition) is 2. The fourth-order valence-electron chi connectivity index (χ4n) is 1.42. The summed E-state index contributed by atoms with van der Waals surface area (Å²) in [6.45, 7) is 1.83. The Morgan fingerprint density at radius 3 is 2.94 bits per heavy atom. The van der Waals surface area contributed by atoms with Gasteiger partial charge in [0.05, 0.1) is 6.10 Å². The highest BCUT2D eigenvalue weighted by atomic mass is 16.3. The number of aliphatic hydroxyl groups excluding tert-OH is 1. The Hall–Kier alpha value is -1.81. The van der Waals surface area contributed by atoms with Gasteiger partial charge in [-0.2, -0.15) is 0 Å². The molecule has 2 N–H and O–H groups in total. The zero-order valence-electron chi connectivity index (χ0n) is 8.93. The fraction of sp³-hybridized carbons (Fsp3) is 0.250. The Morgan fingerprint density at radius 1 is 1.50 bits per heavy atom. The summed E-state index contributed by atoms with van der Waals surface area (Å²) in [5.41, 5.74) is 0.685. The summed E-state index contributed by atoms with van der Waals surface area (Å²) in [5, 5.41) is 12.5. The molecule has 1 heterocycles. The van der Waals surface area contributed by atoms with Crippen LogP contribution < -0.4 is 5.32 Å². The zero-order chi connectivity index (χ0) is 11.5. The van der Waals surface area contributed by atoms with Gasteiger partial charge in [-0.1, -0.05) is 18.2 Å². The number of aliphatic hydroxyl groups is 1. The number of carbonyl (C=O) groups excluding carboxylic acids is 1. The molecule has 1 amide bonds. The average Bonchev–Trinajstić information content (AvgIpc) is 2.69. The molecule has 1 aromatic carbocycles. The van der Waals surface area contributed by atoms with E-state index in [0.717, 1.165) is 5.39 Å². The van der Waals surface area contributed by atoms with Crippen LogP contribution in [0, 0.1) is 0 Å². The molecule has 0 spiro atoms. The largest absolute Gasteiger partial charge is 0.451 e. The number of furan rings is 1. The van der Waals surface area contributed by atoms with Crippen molar-refractivity contribution >= 4 is 16.9 Å².